The largest absolute Gasteiger partial charge is 0.478 e. The van der Waals surface area contributed by atoms with Gasteiger partial charge in [-0.05, 0) is 37.5 Å². The molecule has 0 unspecified atom stereocenters. The van der Waals surface area contributed by atoms with Gasteiger partial charge in [0.1, 0.15) is 0 Å². The van der Waals surface area contributed by atoms with Crippen LogP contribution in [0.2, 0.25) is 0 Å². The van der Waals surface area contributed by atoms with E-state index in [1.54, 1.807) is 14.0 Å². The third-order valence-electron chi connectivity index (χ3n) is 2.93. The normalized spacial score (nSPS) is 11.6. The lowest BCUT2D eigenvalue weighted by atomic mass is 10.1. The number of benzene rings is 1. The lowest BCUT2D eigenvalue weighted by molar-refractivity contribution is 0.0695. The predicted molar refractivity (Wildman–Crippen MR) is 82.1 cm³/mol. The number of ether oxygens (including phenoxy) is 1. The summed E-state index contributed by atoms with van der Waals surface area (Å²) in [4.78, 5) is 11.1. The van der Waals surface area contributed by atoms with Gasteiger partial charge in [0.15, 0.2) is 0 Å². The Hall–Kier alpha value is -0.960. The Balaban J connectivity index is 2.91. The van der Waals surface area contributed by atoms with E-state index in [9.17, 15) is 13.2 Å². The second-order valence-electron chi connectivity index (χ2n) is 4.48. The van der Waals surface area contributed by atoms with Crippen molar-refractivity contribution in [1.29, 1.82) is 0 Å². The first-order chi connectivity index (χ1) is 9.79. The van der Waals surface area contributed by atoms with Gasteiger partial charge in [0, 0.05) is 24.7 Å². The zero-order valence-electron chi connectivity index (χ0n) is 11.8. The minimum Gasteiger partial charge on any atom is -0.478 e. The van der Waals surface area contributed by atoms with Crippen LogP contribution >= 0.6 is 15.9 Å². The molecule has 0 aliphatic carbocycles. The van der Waals surface area contributed by atoms with Crippen molar-refractivity contribution >= 4 is 31.9 Å². The molecule has 0 aromatic heterocycles. The van der Waals surface area contributed by atoms with Gasteiger partial charge in [-0.15, -0.1) is 0 Å². The minimum atomic E-state index is -3.73. The molecule has 0 saturated heterocycles. The van der Waals surface area contributed by atoms with Crippen molar-refractivity contribution in [1.82, 2.24) is 4.72 Å². The lowest BCUT2D eigenvalue weighted by Gasteiger charge is -2.10. The van der Waals surface area contributed by atoms with E-state index in [4.69, 9.17) is 9.84 Å². The molecule has 0 saturated carbocycles. The number of carboxylic acid groups (broad SMARTS) is 1. The van der Waals surface area contributed by atoms with E-state index >= 15 is 0 Å². The summed E-state index contributed by atoms with van der Waals surface area (Å²) < 4.78 is 32.1. The summed E-state index contributed by atoms with van der Waals surface area (Å²) in [5.74, 6) is -1.16. The van der Waals surface area contributed by atoms with Gasteiger partial charge >= 0.3 is 5.97 Å². The number of hydrogen-bond donors (Lipinski definition) is 2. The molecule has 0 heterocycles. The molecule has 1 aromatic rings. The minimum absolute atomic E-state index is 0.0378. The summed E-state index contributed by atoms with van der Waals surface area (Å²) in [6.45, 7) is 2.46. The average Bonchev–Trinajstić information content (AvgIpc) is 2.40. The highest BCUT2D eigenvalue weighted by Crippen LogP contribution is 2.24. The molecule has 0 fully saturated rings. The second-order valence-corrected chi connectivity index (χ2v) is 7.10. The highest BCUT2D eigenvalue weighted by atomic mass is 79.9. The lowest BCUT2D eigenvalue weighted by Crippen LogP contribution is -2.25. The van der Waals surface area contributed by atoms with E-state index in [1.807, 2.05) is 0 Å². The summed E-state index contributed by atoms with van der Waals surface area (Å²) in [6.07, 6.45) is 1.39. The molecule has 2 N–H and O–H groups in total. The molecular weight excluding hydrogens is 362 g/mol. The molecule has 0 aliphatic heterocycles. The fourth-order valence-corrected chi connectivity index (χ4v) is 3.43. The smallest absolute Gasteiger partial charge is 0.336 e. The number of unbranched alkanes of at least 4 members (excludes halogenated alkanes) is 1. The number of nitrogens with one attached hydrogen (secondary N) is 1. The molecule has 118 valence electrons. The van der Waals surface area contributed by atoms with E-state index in [1.165, 1.54) is 12.1 Å². The van der Waals surface area contributed by atoms with E-state index in [2.05, 4.69) is 20.7 Å². The first-order valence-electron chi connectivity index (χ1n) is 6.31. The second kappa shape index (κ2) is 7.88. The molecule has 1 rings (SSSR count). The maximum absolute atomic E-state index is 12.1. The molecule has 1 aromatic carbocycles. The van der Waals surface area contributed by atoms with Gasteiger partial charge in [-0.2, -0.15) is 0 Å². The van der Waals surface area contributed by atoms with Crippen LogP contribution in [0.25, 0.3) is 0 Å². The average molecular weight is 380 g/mol. The number of aromatic carboxylic acids is 1. The predicted octanol–water partition coefficient (Wildman–Crippen LogP) is 2.16. The van der Waals surface area contributed by atoms with Crippen molar-refractivity contribution in [3.05, 3.63) is 27.7 Å². The fraction of sp³-hybridized carbons (Fsp3) is 0.462. The van der Waals surface area contributed by atoms with Gasteiger partial charge in [-0.3, -0.25) is 0 Å². The molecule has 0 spiro atoms. The summed E-state index contributed by atoms with van der Waals surface area (Å²) in [7, 11) is -2.14. The Labute approximate surface area is 132 Å². The van der Waals surface area contributed by atoms with Crippen LogP contribution in [0.1, 0.15) is 28.8 Å². The summed E-state index contributed by atoms with van der Waals surface area (Å²) >= 11 is 3.19. The van der Waals surface area contributed by atoms with Gasteiger partial charge in [0.25, 0.3) is 0 Å². The van der Waals surface area contributed by atoms with Gasteiger partial charge in [-0.1, -0.05) is 15.9 Å². The topological polar surface area (TPSA) is 92.7 Å². The maximum Gasteiger partial charge on any atom is 0.336 e. The van der Waals surface area contributed by atoms with E-state index in [0.717, 1.165) is 6.42 Å². The monoisotopic (exact) mass is 379 g/mol. The zero-order valence-corrected chi connectivity index (χ0v) is 14.3. The summed E-state index contributed by atoms with van der Waals surface area (Å²) in [5.41, 5.74) is 0.450. The molecular formula is C13H18BrNO5S. The van der Waals surface area contributed by atoms with Crippen LogP contribution in [0.3, 0.4) is 0 Å². The van der Waals surface area contributed by atoms with Crippen LogP contribution in [0, 0.1) is 6.92 Å². The Morgan fingerprint density at radius 2 is 2.05 bits per heavy atom. The molecule has 21 heavy (non-hydrogen) atoms. The van der Waals surface area contributed by atoms with E-state index in [-0.39, 0.29) is 17.0 Å². The summed E-state index contributed by atoms with van der Waals surface area (Å²) in [5, 5.41) is 9.10. The maximum atomic E-state index is 12.1. The van der Waals surface area contributed by atoms with Gasteiger partial charge < -0.3 is 9.84 Å². The van der Waals surface area contributed by atoms with Crippen molar-refractivity contribution in [2.75, 3.05) is 20.3 Å². The van der Waals surface area contributed by atoms with Crippen LogP contribution in [-0.2, 0) is 14.8 Å². The molecule has 0 radical (unpaired) electrons. The zero-order chi connectivity index (χ0) is 16.0. The number of carboxylic acids is 1. The van der Waals surface area contributed by atoms with E-state index in [0.29, 0.717) is 23.1 Å². The SMILES string of the molecule is COCCCCNS(=O)(=O)c1cc(Br)c(C)c(C(=O)O)c1. The van der Waals surface area contributed by atoms with Crippen LogP contribution in [0.15, 0.2) is 21.5 Å². The van der Waals surface area contributed by atoms with Crippen molar-refractivity contribution in [2.24, 2.45) is 0 Å². The Morgan fingerprint density at radius 1 is 1.38 bits per heavy atom. The third kappa shape index (κ3) is 5.06. The standard InChI is InChI=1S/C13H18BrNO5S/c1-9-11(13(16)17)7-10(8-12(9)14)21(18,19)15-5-3-4-6-20-2/h7-8,15H,3-6H2,1-2H3,(H,16,17). The number of methoxy groups -OCH3 is 1. The van der Waals surface area contributed by atoms with Crippen LogP contribution in [0.4, 0.5) is 0 Å². The Morgan fingerprint density at radius 3 is 2.62 bits per heavy atom. The molecule has 0 bridgehead atoms. The van der Waals surface area contributed by atoms with Crippen LogP contribution in [0.5, 0.6) is 0 Å². The summed E-state index contributed by atoms with van der Waals surface area (Å²) in [6, 6.07) is 2.57. The third-order valence-corrected chi connectivity index (χ3v) is 5.19. The van der Waals surface area contributed by atoms with Crippen molar-refractivity contribution in [3.63, 3.8) is 0 Å². The van der Waals surface area contributed by atoms with Gasteiger partial charge in [-0.25, -0.2) is 17.9 Å². The van der Waals surface area contributed by atoms with Crippen molar-refractivity contribution < 1.29 is 23.1 Å². The van der Waals surface area contributed by atoms with Crippen molar-refractivity contribution in [2.45, 2.75) is 24.7 Å². The van der Waals surface area contributed by atoms with Gasteiger partial charge in [0.2, 0.25) is 10.0 Å². The van der Waals surface area contributed by atoms with Gasteiger partial charge in [0.05, 0.1) is 10.5 Å². The number of halogens is 1. The Kier molecular flexibility index (Phi) is 6.79. The van der Waals surface area contributed by atoms with Crippen molar-refractivity contribution in [3.8, 4) is 0 Å². The highest BCUT2D eigenvalue weighted by Gasteiger charge is 2.19. The van der Waals surface area contributed by atoms with E-state index < -0.39 is 16.0 Å². The first-order valence-corrected chi connectivity index (χ1v) is 8.59. The highest BCUT2D eigenvalue weighted by molar-refractivity contribution is 9.10. The number of rotatable bonds is 8. The first kappa shape index (κ1) is 18.1. The molecule has 0 amide bonds. The van der Waals surface area contributed by atoms with Crippen LogP contribution in [-0.4, -0.2) is 39.8 Å². The number of sulfonamides is 1. The quantitative estimate of drug-likeness (QED) is 0.675. The number of hydrogen-bond acceptors (Lipinski definition) is 4. The molecule has 6 nitrogen and oxygen atoms in total. The Bertz CT molecular complexity index is 615. The molecule has 8 heteroatoms. The fourth-order valence-electron chi connectivity index (χ4n) is 1.69. The molecule has 0 aliphatic rings. The molecule has 0 atom stereocenters. The number of carbonyl (C=O) groups is 1. The van der Waals surface area contributed by atoms with Crippen LogP contribution < -0.4 is 4.72 Å².